The monoisotopic (exact) mass is 520 g/mol. The van der Waals surface area contributed by atoms with Gasteiger partial charge in [-0.25, -0.2) is 0 Å². The molecule has 1 aromatic rings. The number of rotatable bonds is 22. The van der Waals surface area contributed by atoms with Crippen LogP contribution in [0.4, 0.5) is 0 Å². The van der Waals surface area contributed by atoms with Crippen LogP contribution in [0.3, 0.4) is 0 Å². The summed E-state index contributed by atoms with van der Waals surface area (Å²) in [7, 11) is 0. The number of hydrogen-bond donors (Lipinski definition) is 7. The quantitative estimate of drug-likeness (QED) is 0.112. The van der Waals surface area contributed by atoms with Crippen LogP contribution >= 0.6 is 0 Å². The van der Waals surface area contributed by atoms with Gasteiger partial charge in [0.25, 0.3) is 0 Å². The molecular weight excluding hydrogens is 472 g/mol. The molecule has 0 fully saturated rings. The Hall–Kier alpha value is -2.69. The molecule has 0 saturated carbocycles. The molecule has 8 N–H and O–H groups in total. The van der Waals surface area contributed by atoms with Gasteiger partial charge >= 0.3 is 0 Å². The van der Waals surface area contributed by atoms with E-state index in [1.807, 2.05) is 6.92 Å². The molecule has 0 aliphatic heterocycles. The molecule has 3 amide bonds. The zero-order valence-corrected chi connectivity index (χ0v) is 22.4. The highest BCUT2D eigenvalue weighted by Gasteiger charge is 2.20. The second-order valence-electron chi connectivity index (χ2n) is 9.19. The minimum atomic E-state index is -0.642. The number of carbonyl (C=O) groups excluding carboxylic acids is 3. The number of hydrogen-bond acceptors (Lipinski definition) is 7. The number of aromatic hydroxyl groups is 1. The molecule has 37 heavy (non-hydrogen) atoms. The van der Waals surface area contributed by atoms with Gasteiger partial charge in [-0.15, -0.1) is 0 Å². The van der Waals surface area contributed by atoms with Crippen LogP contribution in [0.25, 0.3) is 0 Å². The van der Waals surface area contributed by atoms with Crippen molar-refractivity contribution in [1.82, 2.24) is 26.6 Å². The lowest BCUT2D eigenvalue weighted by Crippen LogP contribution is -2.48. The Labute approximate surface area is 221 Å². The SMILES string of the molecule is CCCC(=O)NC(Cc1ccc(O)cc1)C(=O)NCCCNCCCCNCCCNC(=O)CCCN. The van der Waals surface area contributed by atoms with Crippen molar-refractivity contribution < 1.29 is 19.5 Å². The van der Waals surface area contributed by atoms with Gasteiger partial charge < -0.3 is 37.4 Å². The van der Waals surface area contributed by atoms with E-state index in [0.29, 0.717) is 38.9 Å². The van der Waals surface area contributed by atoms with Gasteiger partial charge in [0.05, 0.1) is 0 Å². The molecule has 210 valence electrons. The Morgan fingerprint density at radius 1 is 0.784 bits per heavy atom. The fourth-order valence-electron chi connectivity index (χ4n) is 3.66. The van der Waals surface area contributed by atoms with Gasteiger partial charge in [0.1, 0.15) is 11.8 Å². The molecule has 1 atom stereocenters. The van der Waals surface area contributed by atoms with Crippen molar-refractivity contribution in [1.29, 1.82) is 0 Å². The van der Waals surface area contributed by atoms with Crippen LogP contribution in [-0.4, -0.2) is 74.7 Å². The molecular formula is C27H48N6O4. The van der Waals surface area contributed by atoms with Crippen LogP contribution in [0.15, 0.2) is 24.3 Å². The number of nitrogens with two attached hydrogens (primary N) is 1. The number of amides is 3. The van der Waals surface area contributed by atoms with Gasteiger partial charge in [0.2, 0.25) is 17.7 Å². The number of phenols is 1. The summed E-state index contributed by atoms with van der Waals surface area (Å²) in [5.74, 6) is -0.0923. The third-order valence-electron chi connectivity index (χ3n) is 5.75. The first-order chi connectivity index (χ1) is 18.0. The molecule has 0 heterocycles. The molecule has 1 rings (SSSR count). The summed E-state index contributed by atoms with van der Waals surface area (Å²) in [6.45, 7) is 7.26. The predicted molar refractivity (Wildman–Crippen MR) is 147 cm³/mol. The largest absolute Gasteiger partial charge is 0.508 e. The molecule has 0 spiro atoms. The normalized spacial score (nSPS) is 11.6. The third kappa shape index (κ3) is 17.4. The lowest BCUT2D eigenvalue weighted by Gasteiger charge is -2.19. The number of carbonyl (C=O) groups is 3. The van der Waals surface area contributed by atoms with E-state index >= 15 is 0 Å². The van der Waals surface area contributed by atoms with Gasteiger partial charge in [-0.1, -0.05) is 19.1 Å². The molecule has 0 aliphatic rings. The summed E-state index contributed by atoms with van der Waals surface area (Å²) >= 11 is 0. The smallest absolute Gasteiger partial charge is 0.242 e. The van der Waals surface area contributed by atoms with Crippen LogP contribution in [0.5, 0.6) is 5.75 Å². The van der Waals surface area contributed by atoms with Gasteiger partial charge in [-0.05, 0) is 88.9 Å². The molecule has 0 bridgehead atoms. The molecule has 1 aromatic carbocycles. The first-order valence-electron chi connectivity index (χ1n) is 13.7. The Morgan fingerprint density at radius 2 is 1.38 bits per heavy atom. The maximum absolute atomic E-state index is 12.7. The van der Waals surface area contributed by atoms with Crippen molar-refractivity contribution in [3.8, 4) is 5.75 Å². The molecule has 0 saturated heterocycles. The standard InChI is InChI=1S/C27H48N6O4/c1-2-8-26(36)33-24(21-22-10-12-23(34)13-11-22)27(37)32-20-7-18-30-16-4-3-15-29-17-6-19-31-25(35)9-5-14-28/h10-13,24,29-30,34H,2-9,14-21,28H2,1H3,(H,31,35)(H,32,37)(H,33,36). The van der Waals surface area contributed by atoms with Crippen LogP contribution in [-0.2, 0) is 20.8 Å². The lowest BCUT2D eigenvalue weighted by molar-refractivity contribution is -0.129. The molecule has 0 radical (unpaired) electrons. The molecule has 0 aliphatic carbocycles. The van der Waals surface area contributed by atoms with Crippen molar-refractivity contribution in [3.05, 3.63) is 29.8 Å². The van der Waals surface area contributed by atoms with E-state index in [1.165, 1.54) is 0 Å². The van der Waals surface area contributed by atoms with Gasteiger partial charge in [0, 0.05) is 32.4 Å². The van der Waals surface area contributed by atoms with Crippen molar-refractivity contribution in [2.75, 3.05) is 45.8 Å². The van der Waals surface area contributed by atoms with Crippen LogP contribution in [0, 0.1) is 0 Å². The maximum Gasteiger partial charge on any atom is 0.242 e. The van der Waals surface area contributed by atoms with E-state index < -0.39 is 6.04 Å². The summed E-state index contributed by atoms with van der Waals surface area (Å²) in [6, 6.07) is 6.03. The minimum Gasteiger partial charge on any atom is -0.508 e. The van der Waals surface area contributed by atoms with Crippen molar-refractivity contribution in [2.45, 2.75) is 70.8 Å². The van der Waals surface area contributed by atoms with Crippen molar-refractivity contribution in [2.24, 2.45) is 5.73 Å². The zero-order valence-electron chi connectivity index (χ0n) is 22.4. The van der Waals surface area contributed by atoms with E-state index in [4.69, 9.17) is 5.73 Å². The van der Waals surface area contributed by atoms with Gasteiger partial charge in [-0.3, -0.25) is 14.4 Å². The minimum absolute atomic E-state index is 0.0729. The summed E-state index contributed by atoms with van der Waals surface area (Å²) in [5.41, 5.74) is 6.26. The number of nitrogens with one attached hydrogen (secondary N) is 5. The highest BCUT2D eigenvalue weighted by molar-refractivity contribution is 5.87. The van der Waals surface area contributed by atoms with Crippen molar-refractivity contribution in [3.63, 3.8) is 0 Å². The van der Waals surface area contributed by atoms with E-state index in [0.717, 1.165) is 70.3 Å². The predicted octanol–water partition coefficient (Wildman–Crippen LogP) is 0.931. The van der Waals surface area contributed by atoms with E-state index in [2.05, 4.69) is 26.6 Å². The van der Waals surface area contributed by atoms with Gasteiger partial charge in [-0.2, -0.15) is 0 Å². The van der Waals surface area contributed by atoms with Crippen LogP contribution in [0.1, 0.15) is 63.9 Å². The highest BCUT2D eigenvalue weighted by Crippen LogP contribution is 2.11. The molecule has 10 nitrogen and oxygen atoms in total. The first-order valence-corrected chi connectivity index (χ1v) is 13.7. The number of phenolic OH excluding ortho intramolecular Hbond substituents is 1. The van der Waals surface area contributed by atoms with E-state index in [-0.39, 0.29) is 23.5 Å². The average Bonchev–Trinajstić information content (AvgIpc) is 2.88. The Morgan fingerprint density at radius 3 is 1.97 bits per heavy atom. The third-order valence-corrected chi connectivity index (χ3v) is 5.75. The zero-order chi connectivity index (χ0) is 27.1. The van der Waals surface area contributed by atoms with E-state index in [1.54, 1.807) is 24.3 Å². The first kappa shape index (κ1) is 32.3. The summed E-state index contributed by atoms with van der Waals surface area (Å²) < 4.78 is 0. The Bertz CT molecular complexity index is 760. The highest BCUT2D eigenvalue weighted by atomic mass is 16.3. The second kappa shape index (κ2) is 21.4. The maximum atomic E-state index is 12.7. The number of benzene rings is 1. The lowest BCUT2D eigenvalue weighted by atomic mass is 10.0. The topological polar surface area (TPSA) is 158 Å². The van der Waals surface area contributed by atoms with Crippen molar-refractivity contribution >= 4 is 17.7 Å². The fourth-order valence-corrected chi connectivity index (χ4v) is 3.66. The Balaban J connectivity index is 2.09. The van der Waals surface area contributed by atoms with E-state index in [9.17, 15) is 19.5 Å². The van der Waals surface area contributed by atoms with Crippen LogP contribution < -0.4 is 32.3 Å². The van der Waals surface area contributed by atoms with Gasteiger partial charge in [0.15, 0.2) is 0 Å². The summed E-state index contributed by atoms with van der Waals surface area (Å²) in [4.78, 5) is 36.3. The second-order valence-corrected chi connectivity index (χ2v) is 9.19. The molecule has 0 aromatic heterocycles. The average molecular weight is 521 g/mol. The van der Waals surface area contributed by atoms with Crippen LogP contribution in [0.2, 0.25) is 0 Å². The summed E-state index contributed by atoms with van der Waals surface area (Å²) in [5, 5.41) is 24.9. The Kier molecular flexibility index (Phi) is 18.7. The number of unbranched alkanes of at least 4 members (excludes halogenated alkanes) is 1. The molecule has 10 heteroatoms. The molecule has 1 unspecified atom stereocenters. The fraction of sp³-hybridized carbons (Fsp3) is 0.667. The summed E-state index contributed by atoms with van der Waals surface area (Å²) in [6.07, 6.45) is 6.55.